The summed E-state index contributed by atoms with van der Waals surface area (Å²) in [5, 5.41) is 0. The standard InChI is InChI=1S/C20H21N3O4/c1-2-22-16-5-3-4-6-17(16)23(20(22)26)12-11-18(24)27-13-14-7-9-15(10-8-14)19(21)25/h3-10H,2,11-13H2,1H3,(H2,21,25). The fourth-order valence-electron chi connectivity index (χ4n) is 3.00. The number of nitrogens with zero attached hydrogens (tertiary/aromatic N) is 2. The third-order valence-corrected chi connectivity index (χ3v) is 4.42. The Morgan fingerprint density at radius 1 is 1.00 bits per heavy atom. The third kappa shape index (κ3) is 3.92. The van der Waals surface area contributed by atoms with Crippen LogP contribution in [0.1, 0.15) is 29.3 Å². The van der Waals surface area contributed by atoms with E-state index in [1.165, 1.54) is 0 Å². The highest BCUT2D eigenvalue weighted by atomic mass is 16.5. The molecule has 7 heteroatoms. The van der Waals surface area contributed by atoms with Crippen LogP contribution >= 0.6 is 0 Å². The van der Waals surface area contributed by atoms with Gasteiger partial charge < -0.3 is 10.5 Å². The second-order valence-corrected chi connectivity index (χ2v) is 6.14. The number of nitrogens with two attached hydrogens (primary N) is 1. The van der Waals surface area contributed by atoms with E-state index in [4.69, 9.17) is 10.5 Å². The molecule has 0 saturated carbocycles. The number of carbonyl (C=O) groups is 2. The minimum absolute atomic E-state index is 0.0942. The van der Waals surface area contributed by atoms with Gasteiger partial charge in [-0.05, 0) is 36.8 Å². The van der Waals surface area contributed by atoms with Crippen LogP contribution in [0.3, 0.4) is 0 Å². The van der Waals surface area contributed by atoms with Crippen molar-refractivity contribution in [1.82, 2.24) is 9.13 Å². The Kier molecular flexibility index (Phi) is 5.40. The number of amides is 1. The molecule has 0 fully saturated rings. The molecule has 7 nitrogen and oxygen atoms in total. The number of aryl methyl sites for hydroxylation is 2. The van der Waals surface area contributed by atoms with Gasteiger partial charge in [0.25, 0.3) is 0 Å². The fraction of sp³-hybridized carbons (Fsp3) is 0.250. The Balaban J connectivity index is 1.63. The Morgan fingerprint density at radius 2 is 1.63 bits per heavy atom. The molecule has 3 rings (SSSR count). The highest BCUT2D eigenvalue weighted by Gasteiger charge is 2.13. The van der Waals surface area contributed by atoms with Crippen LogP contribution in [0.5, 0.6) is 0 Å². The van der Waals surface area contributed by atoms with Crippen molar-refractivity contribution < 1.29 is 14.3 Å². The predicted octanol–water partition coefficient (Wildman–Crippen LogP) is 2.06. The van der Waals surface area contributed by atoms with E-state index in [-0.39, 0.29) is 25.3 Å². The summed E-state index contributed by atoms with van der Waals surface area (Å²) in [6.07, 6.45) is 0.0942. The van der Waals surface area contributed by atoms with E-state index >= 15 is 0 Å². The molecule has 27 heavy (non-hydrogen) atoms. The van der Waals surface area contributed by atoms with Crippen molar-refractivity contribution in [2.75, 3.05) is 0 Å². The van der Waals surface area contributed by atoms with E-state index in [0.29, 0.717) is 12.1 Å². The molecular formula is C20H21N3O4. The number of rotatable bonds is 7. The highest BCUT2D eigenvalue weighted by Crippen LogP contribution is 2.13. The van der Waals surface area contributed by atoms with Crippen LogP contribution in [0.25, 0.3) is 11.0 Å². The second-order valence-electron chi connectivity index (χ2n) is 6.14. The van der Waals surface area contributed by atoms with E-state index in [2.05, 4.69) is 0 Å². The first-order chi connectivity index (χ1) is 13.0. The van der Waals surface area contributed by atoms with Gasteiger partial charge in [0.1, 0.15) is 6.61 Å². The van der Waals surface area contributed by atoms with Crippen LogP contribution in [0, 0.1) is 0 Å². The van der Waals surface area contributed by atoms with Gasteiger partial charge in [-0.25, -0.2) is 4.79 Å². The predicted molar refractivity (Wildman–Crippen MR) is 101 cm³/mol. The van der Waals surface area contributed by atoms with Crippen LogP contribution in [0.2, 0.25) is 0 Å². The molecule has 0 saturated heterocycles. The molecule has 0 radical (unpaired) electrons. The summed E-state index contributed by atoms with van der Waals surface area (Å²) in [5.41, 5.74) is 7.88. The molecule has 0 aliphatic carbocycles. The summed E-state index contributed by atoms with van der Waals surface area (Å²) in [6, 6.07) is 14.1. The molecule has 0 bridgehead atoms. The summed E-state index contributed by atoms with van der Waals surface area (Å²) in [5.74, 6) is -0.899. The first kappa shape index (κ1) is 18.4. The Labute approximate surface area is 156 Å². The van der Waals surface area contributed by atoms with E-state index in [1.807, 2.05) is 31.2 Å². The number of para-hydroxylation sites is 2. The maximum Gasteiger partial charge on any atom is 0.329 e. The molecular weight excluding hydrogens is 346 g/mol. The number of hydrogen-bond acceptors (Lipinski definition) is 4. The largest absolute Gasteiger partial charge is 0.461 e. The van der Waals surface area contributed by atoms with Crippen LogP contribution in [-0.4, -0.2) is 21.0 Å². The van der Waals surface area contributed by atoms with Crippen molar-refractivity contribution in [2.24, 2.45) is 5.73 Å². The van der Waals surface area contributed by atoms with Crippen LogP contribution in [-0.2, 0) is 29.2 Å². The lowest BCUT2D eigenvalue weighted by Crippen LogP contribution is -2.25. The second kappa shape index (κ2) is 7.90. The van der Waals surface area contributed by atoms with Gasteiger partial charge in [0, 0.05) is 18.7 Å². The summed E-state index contributed by atoms with van der Waals surface area (Å²) in [7, 11) is 0. The normalized spacial score (nSPS) is 10.9. The number of ether oxygens (including phenoxy) is 1. The van der Waals surface area contributed by atoms with Crippen molar-refractivity contribution in [2.45, 2.75) is 33.0 Å². The minimum atomic E-state index is -0.504. The summed E-state index contributed by atoms with van der Waals surface area (Å²) in [4.78, 5) is 35.7. The van der Waals surface area contributed by atoms with E-state index in [0.717, 1.165) is 16.6 Å². The highest BCUT2D eigenvalue weighted by molar-refractivity contribution is 5.92. The van der Waals surface area contributed by atoms with E-state index in [1.54, 1.807) is 33.4 Å². The number of hydrogen-bond donors (Lipinski definition) is 1. The zero-order valence-electron chi connectivity index (χ0n) is 15.1. The lowest BCUT2D eigenvalue weighted by Gasteiger charge is -2.06. The molecule has 1 amide bonds. The molecule has 140 valence electrons. The lowest BCUT2D eigenvalue weighted by atomic mass is 10.1. The van der Waals surface area contributed by atoms with Gasteiger partial charge in [-0.15, -0.1) is 0 Å². The smallest absolute Gasteiger partial charge is 0.329 e. The molecule has 2 N–H and O–H groups in total. The molecule has 0 atom stereocenters. The topological polar surface area (TPSA) is 96.3 Å². The number of fused-ring (bicyclic) bond motifs is 1. The maximum absolute atomic E-state index is 12.5. The molecule has 2 aromatic carbocycles. The van der Waals surface area contributed by atoms with Gasteiger partial charge in [0.05, 0.1) is 17.5 Å². The number of imidazole rings is 1. The average Bonchev–Trinajstić information content (AvgIpc) is 2.95. The molecule has 0 unspecified atom stereocenters. The van der Waals surface area contributed by atoms with Crippen LogP contribution in [0.4, 0.5) is 0 Å². The van der Waals surface area contributed by atoms with E-state index < -0.39 is 11.9 Å². The van der Waals surface area contributed by atoms with Crippen LogP contribution in [0.15, 0.2) is 53.3 Å². The van der Waals surface area contributed by atoms with Crippen molar-refractivity contribution in [3.05, 3.63) is 70.1 Å². The number of aromatic nitrogens is 2. The molecule has 0 spiro atoms. The van der Waals surface area contributed by atoms with E-state index in [9.17, 15) is 14.4 Å². The average molecular weight is 367 g/mol. The quantitative estimate of drug-likeness (QED) is 0.647. The molecule has 0 aliphatic heterocycles. The fourth-order valence-corrected chi connectivity index (χ4v) is 3.00. The van der Waals surface area contributed by atoms with Crippen molar-refractivity contribution in [1.29, 1.82) is 0 Å². The van der Waals surface area contributed by atoms with Crippen molar-refractivity contribution >= 4 is 22.9 Å². The maximum atomic E-state index is 12.5. The molecule has 3 aromatic rings. The van der Waals surface area contributed by atoms with Gasteiger partial charge in [-0.2, -0.15) is 0 Å². The summed E-state index contributed by atoms with van der Waals surface area (Å²) < 4.78 is 8.54. The third-order valence-electron chi connectivity index (χ3n) is 4.42. The van der Waals surface area contributed by atoms with Crippen LogP contribution < -0.4 is 11.4 Å². The van der Waals surface area contributed by atoms with Gasteiger partial charge in [0.2, 0.25) is 5.91 Å². The number of esters is 1. The van der Waals surface area contributed by atoms with Gasteiger partial charge in [-0.3, -0.25) is 18.7 Å². The minimum Gasteiger partial charge on any atom is -0.461 e. The summed E-state index contributed by atoms with van der Waals surface area (Å²) >= 11 is 0. The number of carbonyl (C=O) groups excluding carboxylic acids is 2. The molecule has 1 aromatic heterocycles. The lowest BCUT2D eigenvalue weighted by molar-refractivity contribution is -0.145. The number of benzene rings is 2. The molecule has 1 heterocycles. The monoisotopic (exact) mass is 367 g/mol. The zero-order chi connectivity index (χ0) is 19.4. The first-order valence-corrected chi connectivity index (χ1v) is 8.73. The SMILES string of the molecule is CCn1c(=O)n(CCC(=O)OCc2ccc(C(N)=O)cc2)c2ccccc21. The van der Waals surface area contributed by atoms with Crippen molar-refractivity contribution in [3.63, 3.8) is 0 Å². The Morgan fingerprint density at radius 3 is 2.22 bits per heavy atom. The molecule has 0 aliphatic rings. The van der Waals surface area contributed by atoms with Gasteiger partial charge in [-0.1, -0.05) is 24.3 Å². The van der Waals surface area contributed by atoms with Gasteiger partial charge >= 0.3 is 11.7 Å². The Bertz CT molecular complexity index is 1030. The zero-order valence-corrected chi connectivity index (χ0v) is 15.1. The summed E-state index contributed by atoms with van der Waals surface area (Å²) in [6.45, 7) is 2.84. The Hall–Kier alpha value is -3.35. The first-order valence-electron chi connectivity index (χ1n) is 8.73. The number of primary amides is 1. The van der Waals surface area contributed by atoms with Gasteiger partial charge in [0.15, 0.2) is 0 Å². The van der Waals surface area contributed by atoms with Crippen molar-refractivity contribution in [3.8, 4) is 0 Å².